The molecule has 0 heterocycles. The number of esters is 1. The number of carbonyl (C=O) groups excluding carboxylic acids is 2. The van der Waals surface area contributed by atoms with Crippen LogP contribution in [0.1, 0.15) is 33.9 Å². The third-order valence-electron chi connectivity index (χ3n) is 4.49. The molecule has 0 saturated carbocycles. The van der Waals surface area contributed by atoms with Crippen LogP contribution >= 0.6 is 0 Å². The molecule has 2 aromatic carbocycles. The van der Waals surface area contributed by atoms with Crippen molar-refractivity contribution >= 4 is 17.6 Å². The SMILES string of the molecule is COC(=O)CC(NC(=O)c1cc(F)c(C)c([N+](=O)[O-])c1)c1ccc(OC)c(OC)c1. The van der Waals surface area contributed by atoms with Gasteiger partial charge in [-0.2, -0.15) is 0 Å². The fourth-order valence-electron chi connectivity index (χ4n) is 2.80. The van der Waals surface area contributed by atoms with Gasteiger partial charge >= 0.3 is 5.97 Å². The first-order valence-corrected chi connectivity index (χ1v) is 8.75. The molecule has 2 rings (SSSR count). The van der Waals surface area contributed by atoms with Crippen LogP contribution in [-0.4, -0.2) is 38.1 Å². The molecule has 1 unspecified atom stereocenters. The second kappa shape index (κ2) is 9.68. The molecular formula is C20H21FN2O7. The Balaban J connectivity index is 2.41. The lowest BCUT2D eigenvalue weighted by Crippen LogP contribution is -2.30. The van der Waals surface area contributed by atoms with E-state index in [0.29, 0.717) is 17.1 Å². The molecule has 0 aliphatic carbocycles. The van der Waals surface area contributed by atoms with Gasteiger partial charge in [0, 0.05) is 11.6 Å². The predicted octanol–water partition coefficient (Wildman–Crippen LogP) is 3.09. The van der Waals surface area contributed by atoms with Crippen LogP contribution in [0.5, 0.6) is 11.5 Å². The maximum Gasteiger partial charge on any atom is 0.307 e. The average Bonchev–Trinajstić information content (AvgIpc) is 2.73. The summed E-state index contributed by atoms with van der Waals surface area (Å²) in [6.45, 7) is 1.25. The van der Waals surface area contributed by atoms with Crippen molar-refractivity contribution < 1.29 is 33.1 Å². The highest BCUT2D eigenvalue weighted by atomic mass is 19.1. The zero-order valence-electron chi connectivity index (χ0n) is 16.9. The van der Waals surface area contributed by atoms with Crippen molar-refractivity contribution in [2.45, 2.75) is 19.4 Å². The third-order valence-corrected chi connectivity index (χ3v) is 4.49. The van der Waals surface area contributed by atoms with Gasteiger partial charge < -0.3 is 19.5 Å². The Kier molecular flexibility index (Phi) is 7.29. The van der Waals surface area contributed by atoms with Crippen LogP contribution in [0.4, 0.5) is 10.1 Å². The van der Waals surface area contributed by atoms with Crippen LogP contribution in [0.2, 0.25) is 0 Å². The van der Waals surface area contributed by atoms with Crippen molar-refractivity contribution in [1.82, 2.24) is 5.32 Å². The molecular weight excluding hydrogens is 399 g/mol. The van der Waals surface area contributed by atoms with Gasteiger partial charge in [-0.3, -0.25) is 19.7 Å². The maximum atomic E-state index is 14.1. The summed E-state index contributed by atoms with van der Waals surface area (Å²) in [4.78, 5) is 34.9. The summed E-state index contributed by atoms with van der Waals surface area (Å²) in [7, 11) is 4.10. The van der Waals surface area contributed by atoms with E-state index in [0.717, 1.165) is 12.1 Å². The Labute approximate surface area is 171 Å². The van der Waals surface area contributed by atoms with Crippen molar-refractivity contribution in [3.8, 4) is 11.5 Å². The molecule has 30 heavy (non-hydrogen) atoms. The number of nitro benzene ring substituents is 1. The Morgan fingerprint density at radius 3 is 2.37 bits per heavy atom. The van der Waals surface area contributed by atoms with Gasteiger partial charge in [0.25, 0.3) is 11.6 Å². The lowest BCUT2D eigenvalue weighted by molar-refractivity contribution is -0.385. The fourth-order valence-corrected chi connectivity index (χ4v) is 2.80. The van der Waals surface area contributed by atoms with E-state index in [1.165, 1.54) is 28.3 Å². The minimum Gasteiger partial charge on any atom is -0.493 e. The number of carbonyl (C=O) groups is 2. The highest BCUT2D eigenvalue weighted by Crippen LogP contribution is 2.31. The third kappa shape index (κ3) is 5.02. The van der Waals surface area contributed by atoms with Crippen LogP contribution in [0, 0.1) is 22.9 Å². The lowest BCUT2D eigenvalue weighted by Gasteiger charge is -2.20. The van der Waals surface area contributed by atoms with Crippen molar-refractivity contribution in [1.29, 1.82) is 0 Å². The van der Waals surface area contributed by atoms with Crippen LogP contribution in [-0.2, 0) is 9.53 Å². The second-order valence-electron chi connectivity index (χ2n) is 6.28. The molecule has 9 nitrogen and oxygen atoms in total. The first-order valence-electron chi connectivity index (χ1n) is 8.75. The highest BCUT2D eigenvalue weighted by molar-refractivity contribution is 5.95. The number of hydrogen-bond donors (Lipinski definition) is 1. The van der Waals surface area contributed by atoms with Gasteiger partial charge in [-0.05, 0) is 30.7 Å². The number of nitrogens with one attached hydrogen (secondary N) is 1. The molecule has 0 aliphatic rings. The van der Waals surface area contributed by atoms with Gasteiger partial charge in [0.1, 0.15) is 5.82 Å². The van der Waals surface area contributed by atoms with Crippen LogP contribution in [0.3, 0.4) is 0 Å². The smallest absolute Gasteiger partial charge is 0.307 e. The van der Waals surface area contributed by atoms with Gasteiger partial charge in [0.15, 0.2) is 11.5 Å². The van der Waals surface area contributed by atoms with Crippen molar-refractivity contribution in [3.63, 3.8) is 0 Å². The number of nitro groups is 1. The Hall–Kier alpha value is -3.69. The van der Waals surface area contributed by atoms with Crippen molar-refractivity contribution in [2.24, 2.45) is 0 Å². The largest absolute Gasteiger partial charge is 0.493 e. The minimum absolute atomic E-state index is 0.178. The molecule has 0 saturated heterocycles. The van der Waals surface area contributed by atoms with Crippen molar-refractivity contribution in [2.75, 3.05) is 21.3 Å². The Bertz CT molecular complexity index is 978. The summed E-state index contributed by atoms with van der Waals surface area (Å²) in [6.07, 6.45) is -0.228. The fraction of sp³-hybridized carbons (Fsp3) is 0.300. The van der Waals surface area contributed by atoms with E-state index < -0.39 is 34.3 Å². The normalized spacial score (nSPS) is 11.4. The van der Waals surface area contributed by atoms with Crippen LogP contribution in [0.15, 0.2) is 30.3 Å². The highest BCUT2D eigenvalue weighted by Gasteiger charge is 2.24. The number of amides is 1. The molecule has 10 heteroatoms. The van der Waals surface area contributed by atoms with E-state index in [4.69, 9.17) is 9.47 Å². The van der Waals surface area contributed by atoms with Crippen LogP contribution < -0.4 is 14.8 Å². The standard InChI is InChI=1S/C20H21FN2O7/c1-11-14(21)7-13(8-16(11)23(26)27)20(25)22-15(10-19(24)30-4)12-5-6-17(28-2)18(9-12)29-3/h5-9,15H,10H2,1-4H3,(H,22,25). The number of nitrogens with zero attached hydrogens (tertiary/aromatic N) is 1. The van der Waals surface area contributed by atoms with E-state index in [1.54, 1.807) is 18.2 Å². The molecule has 0 aliphatic heterocycles. The quantitative estimate of drug-likeness (QED) is 0.396. The molecule has 0 fully saturated rings. The number of methoxy groups -OCH3 is 3. The number of rotatable bonds is 8. The molecule has 1 amide bonds. The molecule has 2 aromatic rings. The van der Waals surface area contributed by atoms with Gasteiger partial charge in [0.2, 0.25) is 0 Å². The predicted molar refractivity (Wildman–Crippen MR) is 104 cm³/mol. The summed E-state index contributed by atoms with van der Waals surface area (Å²) < 4.78 is 29.2. The molecule has 1 N–H and O–H groups in total. The molecule has 160 valence electrons. The maximum absolute atomic E-state index is 14.1. The number of hydrogen-bond acceptors (Lipinski definition) is 7. The monoisotopic (exact) mass is 420 g/mol. The summed E-state index contributed by atoms with van der Waals surface area (Å²) in [5.74, 6) is -1.46. The first kappa shape index (κ1) is 22.6. The number of ether oxygens (including phenoxy) is 3. The topological polar surface area (TPSA) is 117 Å². The van der Waals surface area contributed by atoms with Crippen molar-refractivity contribution in [3.05, 3.63) is 63.0 Å². The van der Waals surface area contributed by atoms with Gasteiger partial charge in [-0.1, -0.05) is 6.07 Å². The number of benzene rings is 2. The average molecular weight is 420 g/mol. The number of halogens is 1. The lowest BCUT2D eigenvalue weighted by atomic mass is 10.0. The zero-order chi connectivity index (χ0) is 22.4. The summed E-state index contributed by atoms with van der Waals surface area (Å²) in [5, 5.41) is 13.7. The summed E-state index contributed by atoms with van der Waals surface area (Å²) >= 11 is 0. The Morgan fingerprint density at radius 1 is 1.13 bits per heavy atom. The van der Waals surface area contributed by atoms with Crippen LogP contribution in [0.25, 0.3) is 0 Å². The van der Waals surface area contributed by atoms with Gasteiger partial charge in [-0.25, -0.2) is 4.39 Å². The van der Waals surface area contributed by atoms with Gasteiger partial charge in [0.05, 0.1) is 44.3 Å². The molecule has 0 radical (unpaired) electrons. The first-order chi connectivity index (χ1) is 14.2. The molecule has 0 aromatic heterocycles. The molecule has 0 bridgehead atoms. The zero-order valence-corrected chi connectivity index (χ0v) is 16.9. The Morgan fingerprint density at radius 2 is 1.80 bits per heavy atom. The van der Waals surface area contributed by atoms with E-state index >= 15 is 0 Å². The van der Waals surface area contributed by atoms with E-state index in [1.807, 2.05) is 0 Å². The molecule has 0 spiro atoms. The summed E-state index contributed by atoms with van der Waals surface area (Å²) in [5.41, 5.74) is -0.452. The summed E-state index contributed by atoms with van der Waals surface area (Å²) in [6, 6.07) is 5.81. The molecule has 1 atom stereocenters. The minimum atomic E-state index is -0.884. The van der Waals surface area contributed by atoms with E-state index in [9.17, 15) is 24.1 Å². The van der Waals surface area contributed by atoms with E-state index in [-0.39, 0.29) is 17.5 Å². The van der Waals surface area contributed by atoms with Gasteiger partial charge in [-0.15, -0.1) is 0 Å². The second-order valence-corrected chi connectivity index (χ2v) is 6.28. The van der Waals surface area contributed by atoms with E-state index in [2.05, 4.69) is 10.1 Å².